The van der Waals surface area contributed by atoms with Gasteiger partial charge in [-0.3, -0.25) is 0 Å². The first kappa shape index (κ1) is 15.5. The van der Waals surface area contributed by atoms with Gasteiger partial charge in [-0.2, -0.15) is 4.98 Å². The second kappa shape index (κ2) is 7.22. The van der Waals surface area contributed by atoms with Crippen molar-refractivity contribution in [2.75, 3.05) is 14.2 Å². The van der Waals surface area contributed by atoms with Crippen LogP contribution in [0, 0.1) is 5.92 Å². The van der Waals surface area contributed by atoms with E-state index in [1.54, 1.807) is 7.11 Å². The molecule has 2 rings (SSSR count). The van der Waals surface area contributed by atoms with Gasteiger partial charge >= 0.3 is 0 Å². The number of hydrogen-bond donors (Lipinski definition) is 1. The van der Waals surface area contributed by atoms with Crippen LogP contribution in [0.2, 0.25) is 0 Å². The number of methoxy groups -OCH3 is 1. The van der Waals surface area contributed by atoms with E-state index in [1.165, 1.54) is 0 Å². The molecular weight excluding hydrogens is 266 g/mol. The Morgan fingerprint density at radius 2 is 1.95 bits per heavy atom. The lowest BCUT2D eigenvalue weighted by Gasteiger charge is -2.15. The summed E-state index contributed by atoms with van der Waals surface area (Å²) in [6.07, 6.45) is 1.83. The third-order valence-electron chi connectivity index (χ3n) is 3.40. The number of nitrogens with one attached hydrogen (secondary N) is 1. The molecule has 0 spiro atoms. The zero-order valence-corrected chi connectivity index (χ0v) is 13.1. The topological polar surface area (TPSA) is 60.2 Å². The molecule has 1 unspecified atom stereocenters. The van der Waals surface area contributed by atoms with Gasteiger partial charge in [0.1, 0.15) is 5.75 Å². The van der Waals surface area contributed by atoms with Gasteiger partial charge in [-0.1, -0.05) is 19.0 Å². The number of aromatic nitrogens is 2. The Bertz CT molecular complexity index is 549. The third kappa shape index (κ3) is 4.29. The van der Waals surface area contributed by atoms with Crippen LogP contribution in [0.4, 0.5) is 0 Å². The zero-order valence-electron chi connectivity index (χ0n) is 13.1. The Morgan fingerprint density at radius 3 is 2.52 bits per heavy atom. The first-order valence-corrected chi connectivity index (χ1v) is 7.26. The highest BCUT2D eigenvalue weighted by molar-refractivity contribution is 5.55. The highest BCUT2D eigenvalue weighted by Gasteiger charge is 2.15. The summed E-state index contributed by atoms with van der Waals surface area (Å²) < 4.78 is 10.5. The molecule has 114 valence electrons. The van der Waals surface area contributed by atoms with E-state index in [-0.39, 0.29) is 0 Å². The van der Waals surface area contributed by atoms with Crippen LogP contribution in [0.15, 0.2) is 28.8 Å². The Balaban J connectivity index is 2.06. The molecule has 21 heavy (non-hydrogen) atoms. The van der Waals surface area contributed by atoms with Gasteiger partial charge in [0.2, 0.25) is 11.7 Å². The second-order valence-electron chi connectivity index (χ2n) is 5.56. The zero-order chi connectivity index (χ0) is 15.2. The highest BCUT2D eigenvalue weighted by atomic mass is 16.5. The van der Waals surface area contributed by atoms with Crippen molar-refractivity contribution in [3.05, 3.63) is 30.2 Å². The fourth-order valence-electron chi connectivity index (χ4n) is 2.28. The number of likely N-dealkylation sites (N-methyl/N-ethyl adjacent to an activating group) is 1. The van der Waals surface area contributed by atoms with Crippen LogP contribution < -0.4 is 10.1 Å². The van der Waals surface area contributed by atoms with Gasteiger partial charge in [-0.05, 0) is 43.7 Å². The minimum Gasteiger partial charge on any atom is -0.497 e. The predicted molar refractivity (Wildman–Crippen MR) is 82.3 cm³/mol. The molecule has 1 aromatic heterocycles. The second-order valence-corrected chi connectivity index (χ2v) is 5.56. The van der Waals surface area contributed by atoms with Crippen molar-refractivity contribution in [2.45, 2.75) is 32.7 Å². The molecule has 1 atom stereocenters. The van der Waals surface area contributed by atoms with Gasteiger partial charge in [-0.25, -0.2) is 0 Å². The lowest BCUT2D eigenvalue weighted by molar-refractivity contribution is 0.345. The average Bonchev–Trinajstić information content (AvgIpc) is 2.94. The minimum atomic E-state index is 0.356. The van der Waals surface area contributed by atoms with Crippen molar-refractivity contribution in [1.29, 1.82) is 0 Å². The molecule has 0 fully saturated rings. The molecule has 0 radical (unpaired) electrons. The van der Waals surface area contributed by atoms with Crippen molar-refractivity contribution in [3.8, 4) is 17.1 Å². The number of hydrogen-bond acceptors (Lipinski definition) is 5. The smallest absolute Gasteiger partial charge is 0.228 e. The summed E-state index contributed by atoms with van der Waals surface area (Å²) in [6, 6.07) is 7.99. The lowest BCUT2D eigenvalue weighted by atomic mass is 10.0. The van der Waals surface area contributed by atoms with E-state index in [9.17, 15) is 0 Å². The molecule has 5 nitrogen and oxygen atoms in total. The molecule has 0 aliphatic carbocycles. The van der Waals surface area contributed by atoms with Crippen LogP contribution in [0.1, 0.15) is 26.2 Å². The number of ether oxygens (including phenoxy) is 1. The quantitative estimate of drug-likeness (QED) is 0.849. The summed E-state index contributed by atoms with van der Waals surface area (Å²) in [5, 5.41) is 7.36. The van der Waals surface area contributed by atoms with E-state index in [1.807, 2.05) is 31.3 Å². The molecule has 2 aromatic rings. The summed E-state index contributed by atoms with van der Waals surface area (Å²) in [5.74, 6) is 2.73. The van der Waals surface area contributed by atoms with Crippen LogP contribution in [0.25, 0.3) is 11.4 Å². The lowest BCUT2D eigenvalue weighted by Crippen LogP contribution is -2.29. The molecule has 1 heterocycles. The Morgan fingerprint density at radius 1 is 1.24 bits per heavy atom. The van der Waals surface area contributed by atoms with Gasteiger partial charge in [-0.15, -0.1) is 0 Å². The van der Waals surface area contributed by atoms with E-state index in [2.05, 4.69) is 29.3 Å². The first-order chi connectivity index (χ1) is 10.1. The summed E-state index contributed by atoms with van der Waals surface area (Å²) in [4.78, 5) is 4.47. The number of rotatable bonds is 7. The summed E-state index contributed by atoms with van der Waals surface area (Å²) in [5.41, 5.74) is 0.927. The van der Waals surface area contributed by atoms with Crippen LogP contribution in [-0.2, 0) is 6.42 Å². The monoisotopic (exact) mass is 289 g/mol. The highest BCUT2D eigenvalue weighted by Crippen LogP contribution is 2.20. The SMILES string of the molecule is CNC(Cc1nc(-c2ccc(OC)cc2)no1)CC(C)C. The van der Waals surface area contributed by atoms with Gasteiger partial charge in [0.05, 0.1) is 7.11 Å². The van der Waals surface area contributed by atoms with Crippen LogP contribution in [-0.4, -0.2) is 30.3 Å². The van der Waals surface area contributed by atoms with Crippen LogP contribution in [0.3, 0.4) is 0 Å². The van der Waals surface area contributed by atoms with E-state index < -0.39 is 0 Å². The molecule has 0 saturated carbocycles. The van der Waals surface area contributed by atoms with Crippen LogP contribution in [0.5, 0.6) is 5.75 Å². The van der Waals surface area contributed by atoms with Gasteiger partial charge in [0.15, 0.2) is 0 Å². The van der Waals surface area contributed by atoms with E-state index in [4.69, 9.17) is 9.26 Å². The van der Waals surface area contributed by atoms with Crippen molar-refractivity contribution in [1.82, 2.24) is 15.5 Å². The summed E-state index contributed by atoms with van der Waals surface area (Å²) in [6.45, 7) is 4.42. The standard InChI is InChI=1S/C16H23N3O2/c1-11(2)9-13(17-3)10-15-18-16(19-21-15)12-5-7-14(20-4)8-6-12/h5-8,11,13,17H,9-10H2,1-4H3. The maximum absolute atomic E-state index is 5.36. The minimum absolute atomic E-state index is 0.356. The molecular formula is C16H23N3O2. The summed E-state index contributed by atoms with van der Waals surface area (Å²) >= 11 is 0. The Labute approximate surface area is 125 Å². The predicted octanol–water partition coefficient (Wildman–Crippen LogP) is 2.92. The van der Waals surface area contributed by atoms with Crippen LogP contribution >= 0.6 is 0 Å². The molecule has 1 aromatic carbocycles. The number of nitrogens with zero attached hydrogens (tertiary/aromatic N) is 2. The van der Waals surface area contributed by atoms with Gasteiger partial charge < -0.3 is 14.6 Å². The molecule has 0 aliphatic rings. The van der Waals surface area contributed by atoms with E-state index in [0.29, 0.717) is 23.7 Å². The van der Waals surface area contributed by atoms with Crippen molar-refractivity contribution in [3.63, 3.8) is 0 Å². The molecule has 1 N–H and O–H groups in total. The van der Waals surface area contributed by atoms with Crippen molar-refractivity contribution < 1.29 is 9.26 Å². The third-order valence-corrected chi connectivity index (χ3v) is 3.40. The first-order valence-electron chi connectivity index (χ1n) is 7.26. The molecule has 0 aliphatic heterocycles. The van der Waals surface area contributed by atoms with Gasteiger partial charge in [0, 0.05) is 18.0 Å². The van der Waals surface area contributed by atoms with E-state index >= 15 is 0 Å². The van der Waals surface area contributed by atoms with Crippen molar-refractivity contribution >= 4 is 0 Å². The Hall–Kier alpha value is -1.88. The maximum Gasteiger partial charge on any atom is 0.228 e. The van der Waals surface area contributed by atoms with E-state index in [0.717, 1.165) is 24.2 Å². The molecule has 0 bridgehead atoms. The largest absolute Gasteiger partial charge is 0.497 e. The maximum atomic E-state index is 5.36. The fraction of sp³-hybridized carbons (Fsp3) is 0.500. The summed E-state index contributed by atoms with van der Waals surface area (Å²) in [7, 11) is 3.61. The van der Waals surface area contributed by atoms with Crippen molar-refractivity contribution in [2.24, 2.45) is 5.92 Å². The molecule has 5 heteroatoms. The van der Waals surface area contributed by atoms with Gasteiger partial charge in [0.25, 0.3) is 0 Å². The average molecular weight is 289 g/mol. The number of benzene rings is 1. The normalized spacial score (nSPS) is 12.6. The fourth-order valence-corrected chi connectivity index (χ4v) is 2.28. The molecule has 0 saturated heterocycles. The molecule has 0 amide bonds. The Kier molecular flexibility index (Phi) is 5.33.